The highest BCUT2D eigenvalue weighted by Crippen LogP contribution is 2.21. The van der Waals surface area contributed by atoms with Gasteiger partial charge in [0.25, 0.3) is 0 Å². The molecule has 1 saturated heterocycles. The van der Waals surface area contributed by atoms with Crippen molar-refractivity contribution < 1.29 is 37.1 Å². The van der Waals surface area contributed by atoms with Crippen molar-refractivity contribution in [3.05, 3.63) is 0 Å². The fourth-order valence-electron chi connectivity index (χ4n) is 1.51. The van der Waals surface area contributed by atoms with Gasteiger partial charge < -0.3 is 4.74 Å². The molecule has 1 heterocycles. The Bertz CT molecular complexity index is 449. The monoisotopic (exact) mass is 296 g/mol. The summed E-state index contributed by atoms with van der Waals surface area (Å²) in [6.45, 7) is -1.16. The van der Waals surface area contributed by atoms with E-state index in [4.69, 9.17) is 0 Å². The summed E-state index contributed by atoms with van der Waals surface area (Å²) in [5, 5.41) is 0. The number of alkyl halides is 3. The second-order valence-corrected chi connectivity index (χ2v) is 3.84. The van der Waals surface area contributed by atoms with Gasteiger partial charge in [0.05, 0.1) is 6.61 Å². The topological polar surface area (TPSA) is 84.0 Å². The molecule has 1 aliphatic rings. The molecule has 0 aromatic rings. The predicted molar refractivity (Wildman–Crippen MR) is 56.1 cm³/mol. The van der Waals surface area contributed by atoms with Crippen LogP contribution in [0.25, 0.3) is 0 Å². The second-order valence-electron chi connectivity index (χ2n) is 3.84. The minimum Gasteiger partial charge on any atom is -0.465 e. The minimum absolute atomic E-state index is 0.0136. The van der Waals surface area contributed by atoms with E-state index in [-0.39, 0.29) is 16.4 Å². The van der Waals surface area contributed by atoms with Crippen molar-refractivity contribution in [3.63, 3.8) is 0 Å². The van der Waals surface area contributed by atoms with E-state index in [1.807, 2.05) is 0 Å². The Hall–Kier alpha value is -2.13. The Labute approximate surface area is 111 Å². The van der Waals surface area contributed by atoms with Crippen LogP contribution in [0.15, 0.2) is 0 Å². The first-order valence-electron chi connectivity index (χ1n) is 5.52. The molecule has 4 amide bonds. The van der Waals surface area contributed by atoms with Crippen LogP contribution in [-0.2, 0) is 19.1 Å². The van der Waals surface area contributed by atoms with Gasteiger partial charge in [-0.1, -0.05) is 0 Å². The summed E-state index contributed by atoms with van der Waals surface area (Å²) in [4.78, 5) is 45.7. The molecule has 0 aromatic heterocycles. The zero-order valence-electron chi connectivity index (χ0n) is 10.4. The van der Waals surface area contributed by atoms with Gasteiger partial charge in [-0.15, -0.1) is 0 Å². The van der Waals surface area contributed by atoms with Crippen LogP contribution in [0.3, 0.4) is 0 Å². The zero-order valence-corrected chi connectivity index (χ0v) is 10.4. The molecule has 0 saturated carbocycles. The number of ether oxygens (including phenoxy) is 1. The number of hydrogen-bond donors (Lipinski definition) is 0. The molecule has 0 radical (unpaired) electrons. The van der Waals surface area contributed by atoms with E-state index >= 15 is 0 Å². The third-order valence-corrected chi connectivity index (χ3v) is 2.30. The fraction of sp³-hybridized carbons (Fsp3) is 0.600. The number of halogens is 3. The summed E-state index contributed by atoms with van der Waals surface area (Å²) in [5.41, 5.74) is 0. The van der Waals surface area contributed by atoms with Gasteiger partial charge in [0, 0.05) is 0 Å². The number of esters is 1. The number of barbiturate groups is 1. The normalized spacial score (nSPS) is 16.7. The maximum absolute atomic E-state index is 12.3. The van der Waals surface area contributed by atoms with E-state index in [1.54, 1.807) is 0 Å². The number of imide groups is 2. The molecule has 0 N–H and O–H groups in total. The third kappa shape index (κ3) is 3.93. The van der Waals surface area contributed by atoms with Crippen LogP contribution in [0.1, 0.15) is 13.3 Å². The molecule has 7 nitrogen and oxygen atoms in total. The van der Waals surface area contributed by atoms with Crippen molar-refractivity contribution in [1.82, 2.24) is 9.80 Å². The first-order valence-corrected chi connectivity index (χ1v) is 5.52. The first kappa shape index (κ1) is 15.9. The van der Waals surface area contributed by atoms with Gasteiger partial charge in [0.2, 0.25) is 11.8 Å². The lowest BCUT2D eigenvalue weighted by atomic mass is 10.2. The highest BCUT2D eigenvalue weighted by atomic mass is 19.4. The van der Waals surface area contributed by atoms with Gasteiger partial charge in [-0.25, -0.2) is 4.79 Å². The van der Waals surface area contributed by atoms with Crippen LogP contribution < -0.4 is 0 Å². The lowest BCUT2D eigenvalue weighted by molar-refractivity contribution is -0.163. The molecule has 10 heteroatoms. The minimum atomic E-state index is -4.79. The standard InChI is InChI=1S/C10H11F3N2O5/c1-2-20-8(18)4-14-6(16)3-7(17)15(9(14)19)5-10(11,12)13/h2-5H2,1H3. The Morgan fingerprint density at radius 3 is 2.25 bits per heavy atom. The average Bonchev–Trinajstić information content (AvgIpc) is 2.29. The number of nitrogens with zero attached hydrogens (tertiary/aromatic N) is 2. The number of carbonyl (C=O) groups excluding carboxylic acids is 4. The summed E-state index contributed by atoms with van der Waals surface area (Å²) in [5.74, 6) is -3.24. The SMILES string of the molecule is CCOC(=O)CN1C(=O)CC(=O)N(CC(F)(F)F)C1=O. The maximum Gasteiger partial charge on any atom is 0.406 e. The Kier molecular flexibility index (Phi) is 4.69. The molecule has 0 aromatic carbocycles. The molecule has 0 aliphatic carbocycles. The van der Waals surface area contributed by atoms with Crippen LogP contribution in [-0.4, -0.2) is 59.5 Å². The fourth-order valence-corrected chi connectivity index (χ4v) is 1.51. The highest BCUT2D eigenvalue weighted by molar-refractivity contribution is 6.15. The van der Waals surface area contributed by atoms with Crippen LogP contribution in [0.2, 0.25) is 0 Å². The number of rotatable bonds is 4. The van der Waals surface area contributed by atoms with Crippen LogP contribution in [0.5, 0.6) is 0 Å². The van der Waals surface area contributed by atoms with E-state index in [9.17, 15) is 32.3 Å². The van der Waals surface area contributed by atoms with Crippen LogP contribution in [0.4, 0.5) is 18.0 Å². The van der Waals surface area contributed by atoms with Crippen molar-refractivity contribution in [2.24, 2.45) is 0 Å². The second kappa shape index (κ2) is 5.88. The van der Waals surface area contributed by atoms with Gasteiger partial charge >= 0.3 is 18.2 Å². The lowest BCUT2D eigenvalue weighted by Crippen LogP contribution is -2.58. The van der Waals surface area contributed by atoms with Crippen LogP contribution in [0, 0.1) is 0 Å². The molecule has 1 fully saturated rings. The molecule has 112 valence electrons. The van der Waals surface area contributed by atoms with E-state index in [0.29, 0.717) is 0 Å². The molecule has 0 atom stereocenters. The van der Waals surface area contributed by atoms with Gasteiger partial charge in [0.1, 0.15) is 19.5 Å². The smallest absolute Gasteiger partial charge is 0.406 e. The molecular weight excluding hydrogens is 285 g/mol. The molecule has 0 spiro atoms. The number of amides is 4. The summed E-state index contributed by atoms with van der Waals surface area (Å²) in [6, 6.07) is -1.48. The number of carbonyl (C=O) groups is 4. The average molecular weight is 296 g/mol. The molecule has 1 rings (SSSR count). The van der Waals surface area contributed by atoms with E-state index in [0.717, 1.165) is 0 Å². The molecular formula is C10H11F3N2O5. The van der Waals surface area contributed by atoms with Gasteiger partial charge in [-0.2, -0.15) is 13.2 Å². The summed E-state index contributed by atoms with van der Waals surface area (Å²) < 4.78 is 41.3. The van der Waals surface area contributed by atoms with Gasteiger partial charge in [-0.3, -0.25) is 24.2 Å². The van der Waals surface area contributed by atoms with Crippen LogP contribution >= 0.6 is 0 Å². The maximum atomic E-state index is 12.3. The van der Waals surface area contributed by atoms with E-state index < -0.39 is 49.5 Å². The van der Waals surface area contributed by atoms with Crippen molar-refractivity contribution in [2.45, 2.75) is 19.5 Å². The summed E-state index contributed by atoms with van der Waals surface area (Å²) >= 11 is 0. The molecule has 0 unspecified atom stereocenters. The van der Waals surface area contributed by atoms with Crippen molar-refractivity contribution >= 4 is 23.8 Å². The predicted octanol–water partition coefficient (Wildman–Crippen LogP) is 0.293. The Balaban J connectivity index is 2.85. The van der Waals surface area contributed by atoms with Gasteiger partial charge in [-0.05, 0) is 6.92 Å². The summed E-state index contributed by atoms with van der Waals surface area (Å²) in [7, 11) is 0. The molecule has 0 bridgehead atoms. The van der Waals surface area contributed by atoms with Crippen molar-refractivity contribution in [3.8, 4) is 0 Å². The Morgan fingerprint density at radius 2 is 1.75 bits per heavy atom. The first-order chi connectivity index (χ1) is 9.15. The highest BCUT2D eigenvalue weighted by Gasteiger charge is 2.44. The lowest BCUT2D eigenvalue weighted by Gasteiger charge is -2.32. The van der Waals surface area contributed by atoms with E-state index in [2.05, 4.69) is 4.74 Å². The number of urea groups is 1. The summed E-state index contributed by atoms with van der Waals surface area (Å²) in [6.07, 6.45) is -5.69. The molecule has 20 heavy (non-hydrogen) atoms. The quantitative estimate of drug-likeness (QED) is 0.550. The third-order valence-electron chi connectivity index (χ3n) is 2.30. The van der Waals surface area contributed by atoms with Crippen molar-refractivity contribution in [1.29, 1.82) is 0 Å². The molecule has 1 aliphatic heterocycles. The zero-order chi connectivity index (χ0) is 15.5. The largest absolute Gasteiger partial charge is 0.465 e. The van der Waals surface area contributed by atoms with E-state index in [1.165, 1.54) is 6.92 Å². The van der Waals surface area contributed by atoms with Crippen molar-refractivity contribution in [2.75, 3.05) is 19.7 Å². The van der Waals surface area contributed by atoms with Gasteiger partial charge in [0.15, 0.2) is 0 Å². The number of hydrogen-bond acceptors (Lipinski definition) is 5. The Morgan fingerprint density at radius 1 is 1.20 bits per heavy atom.